The van der Waals surface area contributed by atoms with Gasteiger partial charge < -0.3 is 30.5 Å². The number of carbonyl (C=O) groups excluding carboxylic acids is 2. The molecule has 3 atom stereocenters. The zero-order chi connectivity index (χ0) is 18.7. The number of nitrogens with zero attached hydrogens (tertiary/aromatic N) is 2. The van der Waals surface area contributed by atoms with Gasteiger partial charge in [-0.2, -0.15) is 0 Å². The predicted octanol–water partition coefficient (Wildman–Crippen LogP) is -0.943. The number of hydrogen-bond donors (Lipinski definition) is 5. The normalized spacial score (nSPS) is 18.1. The Balaban J connectivity index is 1.52. The van der Waals surface area contributed by atoms with Gasteiger partial charge in [0.15, 0.2) is 6.10 Å². The molecule has 0 aliphatic carbocycles. The van der Waals surface area contributed by atoms with Crippen molar-refractivity contribution < 1.29 is 24.9 Å². The Bertz CT molecular complexity index is 759. The van der Waals surface area contributed by atoms with Gasteiger partial charge in [0.2, 0.25) is 5.91 Å². The fraction of sp³-hybridized carbons (Fsp3) is 0.471. The van der Waals surface area contributed by atoms with Gasteiger partial charge in [-0.05, 0) is 18.6 Å². The third-order valence-corrected chi connectivity index (χ3v) is 4.37. The number of nitrogens with one attached hydrogen (secondary N) is 2. The van der Waals surface area contributed by atoms with Crippen LogP contribution in [0.25, 0.3) is 11.0 Å². The number of likely N-dealkylation sites (tertiary alicyclic amines) is 1. The molecule has 1 saturated heterocycles. The van der Waals surface area contributed by atoms with E-state index >= 15 is 0 Å². The van der Waals surface area contributed by atoms with Crippen LogP contribution in [0.15, 0.2) is 24.3 Å². The molecule has 0 spiro atoms. The van der Waals surface area contributed by atoms with Gasteiger partial charge >= 0.3 is 0 Å². The topological polar surface area (TPSA) is 139 Å². The lowest BCUT2D eigenvalue weighted by Gasteiger charge is -2.21. The third kappa shape index (κ3) is 4.01. The van der Waals surface area contributed by atoms with Crippen molar-refractivity contribution in [2.75, 3.05) is 19.6 Å². The first-order valence-electron chi connectivity index (χ1n) is 8.50. The first-order valence-corrected chi connectivity index (χ1v) is 8.50. The lowest BCUT2D eigenvalue weighted by atomic mass is 10.1. The second kappa shape index (κ2) is 7.81. The summed E-state index contributed by atoms with van der Waals surface area (Å²) in [5.41, 5.74) is 1.29. The van der Waals surface area contributed by atoms with E-state index < -0.39 is 24.2 Å². The number of aliphatic hydroxyl groups is 3. The first kappa shape index (κ1) is 18.3. The molecule has 0 bridgehead atoms. The largest absolute Gasteiger partial charge is 0.389 e. The summed E-state index contributed by atoms with van der Waals surface area (Å²) >= 11 is 0. The van der Waals surface area contributed by atoms with E-state index in [0.29, 0.717) is 24.0 Å². The maximum absolute atomic E-state index is 12.0. The Morgan fingerprint density at radius 2 is 2.08 bits per heavy atom. The molecule has 2 aromatic rings. The number of fused-ring (bicyclic) bond motifs is 1. The SMILES string of the molecule is O=C(NCC(O)CN1CCCC1=O)C(O)C(O)c1nc2ccccc2[nH]1. The highest BCUT2D eigenvalue weighted by Gasteiger charge is 2.29. The molecule has 9 nitrogen and oxygen atoms in total. The smallest absolute Gasteiger partial charge is 0.252 e. The fourth-order valence-electron chi connectivity index (χ4n) is 2.94. The molecular formula is C17H22N4O5. The molecule has 5 N–H and O–H groups in total. The quantitative estimate of drug-likeness (QED) is 0.431. The molecule has 3 rings (SSSR count). The van der Waals surface area contributed by atoms with Gasteiger partial charge in [0.25, 0.3) is 5.91 Å². The Kier molecular flexibility index (Phi) is 5.50. The van der Waals surface area contributed by atoms with Crippen molar-refractivity contribution in [2.24, 2.45) is 0 Å². The molecule has 140 valence electrons. The van der Waals surface area contributed by atoms with E-state index in [2.05, 4.69) is 15.3 Å². The number of aromatic amines is 1. The monoisotopic (exact) mass is 362 g/mol. The van der Waals surface area contributed by atoms with Crippen molar-refractivity contribution in [3.8, 4) is 0 Å². The van der Waals surface area contributed by atoms with Crippen LogP contribution in [-0.2, 0) is 9.59 Å². The molecule has 9 heteroatoms. The summed E-state index contributed by atoms with van der Waals surface area (Å²) < 4.78 is 0. The summed E-state index contributed by atoms with van der Waals surface area (Å²) in [4.78, 5) is 32.1. The number of H-pyrrole nitrogens is 1. The van der Waals surface area contributed by atoms with E-state index in [1.807, 2.05) is 0 Å². The van der Waals surface area contributed by atoms with E-state index in [9.17, 15) is 24.9 Å². The minimum absolute atomic E-state index is 0.0179. The van der Waals surface area contributed by atoms with E-state index in [1.165, 1.54) is 4.90 Å². The minimum Gasteiger partial charge on any atom is -0.389 e. The van der Waals surface area contributed by atoms with Gasteiger partial charge in [-0.3, -0.25) is 9.59 Å². The second-order valence-electron chi connectivity index (χ2n) is 6.37. The van der Waals surface area contributed by atoms with Crippen LogP contribution in [0, 0.1) is 0 Å². The van der Waals surface area contributed by atoms with Crippen molar-refractivity contribution in [2.45, 2.75) is 31.2 Å². The molecule has 1 aliphatic rings. The summed E-state index contributed by atoms with van der Waals surface area (Å²) in [6, 6.07) is 7.09. The molecule has 1 aromatic carbocycles. The maximum atomic E-state index is 12.0. The van der Waals surface area contributed by atoms with Crippen LogP contribution in [0.1, 0.15) is 24.8 Å². The van der Waals surface area contributed by atoms with Crippen LogP contribution in [0.4, 0.5) is 0 Å². The average molecular weight is 362 g/mol. The fourth-order valence-corrected chi connectivity index (χ4v) is 2.94. The Labute approximate surface area is 149 Å². The summed E-state index contributed by atoms with van der Waals surface area (Å²) in [5, 5.41) is 32.5. The van der Waals surface area contributed by atoms with Gasteiger partial charge in [-0.25, -0.2) is 4.98 Å². The van der Waals surface area contributed by atoms with Gasteiger partial charge in [-0.15, -0.1) is 0 Å². The maximum Gasteiger partial charge on any atom is 0.252 e. The van der Waals surface area contributed by atoms with Crippen LogP contribution in [0.5, 0.6) is 0 Å². The summed E-state index contributed by atoms with van der Waals surface area (Å²) in [7, 11) is 0. The molecular weight excluding hydrogens is 340 g/mol. The van der Waals surface area contributed by atoms with Crippen LogP contribution in [0.3, 0.4) is 0 Å². The number of aromatic nitrogens is 2. The van der Waals surface area contributed by atoms with Gasteiger partial charge in [0, 0.05) is 26.1 Å². The van der Waals surface area contributed by atoms with Crippen molar-refractivity contribution in [1.82, 2.24) is 20.2 Å². The number of hydrogen-bond acceptors (Lipinski definition) is 6. The Morgan fingerprint density at radius 1 is 1.31 bits per heavy atom. The highest BCUT2D eigenvalue weighted by atomic mass is 16.3. The molecule has 2 heterocycles. The number of carbonyl (C=O) groups is 2. The standard InChI is InChI=1S/C17H22N4O5/c22-10(9-21-7-3-6-13(21)23)8-18-17(26)15(25)14(24)16-19-11-4-1-2-5-12(11)20-16/h1-2,4-5,10,14-15,22,24-25H,3,6-9H2,(H,18,26)(H,19,20). The summed E-state index contributed by atoms with van der Waals surface area (Å²) in [6.45, 7) is 0.588. The predicted molar refractivity (Wildman–Crippen MR) is 91.9 cm³/mol. The van der Waals surface area contributed by atoms with Crippen molar-refractivity contribution in [1.29, 1.82) is 0 Å². The Hall–Kier alpha value is -2.49. The molecule has 2 amide bonds. The number of aliphatic hydroxyl groups excluding tert-OH is 3. The molecule has 1 fully saturated rings. The van der Waals surface area contributed by atoms with Crippen molar-refractivity contribution >= 4 is 22.8 Å². The summed E-state index contributed by atoms with van der Waals surface area (Å²) in [5.74, 6) is -0.766. The molecule has 1 aromatic heterocycles. The second-order valence-corrected chi connectivity index (χ2v) is 6.37. The zero-order valence-corrected chi connectivity index (χ0v) is 14.1. The molecule has 26 heavy (non-hydrogen) atoms. The van der Waals surface area contributed by atoms with E-state index in [1.54, 1.807) is 24.3 Å². The van der Waals surface area contributed by atoms with Crippen LogP contribution in [0.2, 0.25) is 0 Å². The van der Waals surface area contributed by atoms with Crippen LogP contribution in [-0.4, -0.2) is 73.8 Å². The lowest BCUT2D eigenvalue weighted by Crippen LogP contribution is -2.45. The van der Waals surface area contributed by atoms with Crippen LogP contribution < -0.4 is 5.32 Å². The van der Waals surface area contributed by atoms with Gasteiger partial charge in [0.1, 0.15) is 11.9 Å². The number of benzene rings is 1. The van der Waals surface area contributed by atoms with E-state index in [0.717, 1.165) is 6.42 Å². The lowest BCUT2D eigenvalue weighted by molar-refractivity contribution is -0.136. The molecule has 3 unspecified atom stereocenters. The number of imidazole rings is 1. The molecule has 0 saturated carbocycles. The molecule has 0 radical (unpaired) electrons. The van der Waals surface area contributed by atoms with Crippen LogP contribution >= 0.6 is 0 Å². The highest BCUT2D eigenvalue weighted by Crippen LogP contribution is 2.18. The zero-order valence-electron chi connectivity index (χ0n) is 14.1. The van der Waals surface area contributed by atoms with Gasteiger partial charge in [0.05, 0.1) is 17.1 Å². The number of rotatable bonds is 7. The number of para-hydroxylation sites is 2. The van der Waals surface area contributed by atoms with Crippen molar-refractivity contribution in [3.63, 3.8) is 0 Å². The third-order valence-electron chi connectivity index (χ3n) is 4.37. The first-order chi connectivity index (χ1) is 12.5. The highest BCUT2D eigenvalue weighted by molar-refractivity contribution is 5.82. The Morgan fingerprint density at radius 3 is 2.77 bits per heavy atom. The number of β-amino-alcohol motifs (C(OH)–C–C–N with tert-alkyl or cyclic N) is 1. The average Bonchev–Trinajstić information content (AvgIpc) is 3.24. The summed E-state index contributed by atoms with van der Waals surface area (Å²) in [6.07, 6.45) is -2.98. The minimum atomic E-state index is -1.74. The number of amides is 2. The van der Waals surface area contributed by atoms with E-state index in [4.69, 9.17) is 0 Å². The van der Waals surface area contributed by atoms with E-state index in [-0.39, 0.29) is 24.8 Å². The molecule has 1 aliphatic heterocycles. The van der Waals surface area contributed by atoms with Gasteiger partial charge in [-0.1, -0.05) is 12.1 Å². The van der Waals surface area contributed by atoms with Crippen molar-refractivity contribution in [3.05, 3.63) is 30.1 Å².